The molecule has 0 aromatic heterocycles. The quantitative estimate of drug-likeness (QED) is 0.151. The first-order valence-corrected chi connectivity index (χ1v) is 22.6. The van der Waals surface area contributed by atoms with Gasteiger partial charge in [0.15, 0.2) is 0 Å². The summed E-state index contributed by atoms with van der Waals surface area (Å²) in [7, 11) is 0. The van der Waals surface area contributed by atoms with Crippen LogP contribution < -0.4 is 9.80 Å². The van der Waals surface area contributed by atoms with E-state index in [0.29, 0.717) is 0 Å². The van der Waals surface area contributed by atoms with Crippen LogP contribution in [0.4, 0.5) is 34.1 Å². The van der Waals surface area contributed by atoms with Crippen molar-refractivity contribution in [3.05, 3.63) is 254 Å². The molecule has 308 valence electrons. The summed E-state index contributed by atoms with van der Waals surface area (Å²) in [6.07, 6.45) is 0. The number of hydrogen-bond acceptors (Lipinski definition) is 2. The monoisotopic (exact) mass is 830 g/mol. The van der Waals surface area contributed by atoms with Gasteiger partial charge in [-0.1, -0.05) is 202 Å². The van der Waals surface area contributed by atoms with Crippen molar-refractivity contribution >= 4 is 66.4 Å². The molecule has 1 aliphatic rings. The van der Waals surface area contributed by atoms with Gasteiger partial charge >= 0.3 is 0 Å². The Bertz CT molecular complexity index is 3540. The van der Waals surface area contributed by atoms with Crippen molar-refractivity contribution in [2.75, 3.05) is 9.80 Å². The van der Waals surface area contributed by atoms with Gasteiger partial charge in [-0.2, -0.15) is 0 Å². The number of hydrogen-bond donors (Lipinski definition) is 0. The highest BCUT2D eigenvalue weighted by Gasteiger charge is 2.39. The molecule has 0 unspecified atom stereocenters. The second-order valence-electron chi connectivity index (χ2n) is 17.7. The lowest BCUT2D eigenvalue weighted by Crippen LogP contribution is -2.18. The molecular weight excluding hydrogens is 785 g/mol. The predicted molar refractivity (Wildman–Crippen MR) is 277 cm³/mol. The van der Waals surface area contributed by atoms with Gasteiger partial charge in [0.05, 0.1) is 17.1 Å². The fraction of sp³-hybridized carbons (Fsp3) is 0.0476. The second-order valence-corrected chi connectivity index (χ2v) is 17.7. The van der Waals surface area contributed by atoms with Gasteiger partial charge in [0.2, 0.25) is 0 Å². The topological polar surface area (TPSA) is 6.48 Å². The lowest BCUT2D eigenvalue weighted by molar-refractivity contribution is 0.661. The maximum atomic E-state index is 2.50. The highest BCUT2D eigenvalue weighted by Crippen LogP contribution is 2.56. The highest BCUT2D eigenvalue weighted by molar-refractivity contribution is 6.12. The van der Waals surface area contributed by atoms with Gasteiger partial charge in [-0.3, -0.25) is 0 Å². The van der Waals surface area contributed by atoms with Crippen LogP contribution in [0.25, 0.3) is 65.7 Å². The van der Waals surface area contributed by atoms with Gasteiger partial charge in [0, 0.05) is 38.6 Å². The third-order valence-corrected chi connectivity index (χ3v) is 13.6. The van der Waals surface area contributed by atoms with Crippen LogP contribution in [0.1, 0.15) is 25.0 Å². The largest absolute Gasteiger partial charge is 0.310 e. The maximum Gasteiger partial charge on any atom is 0.0543 e. The normalized spacial score (nSPS) is 12.6. The van der Waals surface area contributed by atoms with E-state index in [9.17, 15) is 0 Å². The van der Waals surface area contributed by atoms with E-state index in [1.54, 1.807) is 0 Å². The van der Waals surface area contributed by atoms with Crippen LogP contribution in [0.5, 0.6) is 0 Å². The smallest absolute Gasteiger partial charge is 0.0543 e. The Morgan fingerprint density at radius 3 is 1.29 bits per heavy atom. The molecule has 2 nitrogen and oxygen atoms in total. The molecule has 0 saturated heterocycles. The molecule has 65 heavy (non-hydrogen) atoms. The number of benzene rings is 11. The van der Waals surface area contributed by atoms with Crippen molar-refractivity contribution < 1.29 is 0 Å². The molecule has 0 bridgehead atoms. The van der Waals surface area contributed by atoms with E-state index in [1.807, 2.05) is 0 Å². The summed E-state index contributed by atoms with van der Waals surface area (Å²) >= 11 is 0. The summed E-state index contributed by atoms with van der Waals surface area (Å²) in [5.41, 5.74) is 16.6. The second kappa shape index (κ2) is 15.6. The zero-order valence-electron chi connectivity index (χ0n) is 36.5. The van der Waals surface area contributed by atoms with Gasteiger partial charge in [-0.15, -0.1) is 0 Å². The standard InChI is InChI=1S/C63H46N2/c1-63(2)57-41-51(64(59-29-15-23-47-21-9-11-25-52(47)59)49-35-31-45(32-36-49)43-17-5-3-6-18-43)39-40-56(57)62-55-28-14-13-27-54(55)61(42-58(62)63)65(60-30-16-24-48-22-10-12-26-53(48)60)50-37-33-46(34-38-50)44-19-7-4-8-20-44/h3-42H,1-2H3. The zero-order chi connectivity index (χ0) is 43.5. The van der Waals surface area contributed by atoms with Gasteiger partial charge < -0.3 is 9.80 Å². The average Bonchev–Trinajstić information content (AvgIpc) is 3.60. The van der Waals surface area contributed by atoms with Gasteiger partial charge in [-0.25, -0.2) is 0 Å². The van der Waals surface area contributed by atoms with Gasteiger partial charge in [0.1, 0.15) is 0 Å². The summed E-state index contributed by atoms with van der Waals surface area (Å²) in [4.78, 5) is 4.94. The van der Waals surface area contributed by atoms with E-state index >= 15 is 0 Å². The molecule has 0 radical (unpaired) electrons. The highest BCUT2D eigenvalue weighted by atomic mass is 15.2. The Labute approximate surface area is 380 Å². The molecule has 11 aromatic rings. The lowest BCUT2D eigenvalue weighted by atomic mass is 9.81. The molecule has 0 atom stereocenters. The molecule has 12 rings (SSSR count). The van der Waals surface area contributed by atoms with E-state index in [-0.39, 0.29) is 5.41 Å². The van der Waals surface area contributed by atoms with E-state index < -0.39 is 0 Å². The Hall–Kier alpha value is -8.20. The number of rotatable bonds is 8. The molecule has 0 N–H and O–H groups in total. The van der Waals surface area contributed by atoms with Crippen molar-refractivity contribution in [2.24, 2.45) is 0 Å². The third-order valence-electron chi connectivity index (χ3n) is 13.6. The minimum Gasteiger partial charge on any atom is -0.310 e. The first-order valence-electron chi connectivity index (χ1n) is 22.6. The van der Waals surface area contributed by atoms with Crippen LogP contribution in [-0.2, 0) is 5.41 Å². The summed E-state index contributed by atoms with van der Waals surface area (Å²) in [6.45, 7) is 4.82. The summed E-state index contributed by atoms with van der Waals surface area (Å²) in [6, 6.07) is 88.9. The fourth-order valence-electron chi connectivity index (χ4n) is 10.4. The van der Waals surface area contributed by atoms with Crippen molar-refractivity contribution in [3.63, 3.8) is 0 Å². The van der Waals surface area contributed by atoms with E-state index in [1.165, 1.54) is 82.5 Å². The van der Waals surface area contributed by atoms with Crippen molar-refractivity contribution in [1.82, 2.24) is 0 Å². The summed E-state index contributed by atoms with van der Waals surface area (Å²) < 4.78 is 0. The van der Waals surface area contributed by atoms with Crippen LogP contribution in [0.2, 0.25) is 0 Å². The van der Waals surface area contributed by atoms with Crippen LogP contribution in [0.3, 0.4) is 0 Å². The molecular formula is C63H46N2. The molecule has 0 amide bonds. The predicted octanol–water partition coefficient (Wildman–Crippen LogP) is 17.7. The van der Waals surface area contributed by atoms with Crippen molar-refractivity contribution in [2.45, 2.75) is 19.3 Å². The summed E-state index contributed by atoms with van der Waals surface area (Å²) in [5, 5.41) is 7.33. The van der Waals surface area contributed by atoms with Crippen molar-refractivity contribution in [1.29, 1.82) is 0 Å². The molecule has 0 fully saturated rings. The van der Waals surface area contributed by atoms with E-state index in [2.05, 4.69) is 266 Å². The Morgan fingerprint density at radius 2 is 0.723 bits per heavy atom. The number of fused-ring (bicyclic) bond motifs is 7. The molecule has 1 aliphatic carbocycles. The van der Waals surface area contributed by atoms with Crippen LogP contribution in [0, 0.1) is 0 Å². The zero-order valence-corrected chi connectivity index (χ0v) is 36.5. The average molecular weight is 831 g/mol. The van der Waals surface area contributed by atoms with Gasteiger partial charge in [0.25, 0.3) is 0 Å². The van der Waals surface area contributed by atoms with E-state index in [0.717, 1.165) is 28.4 Å². The van der Waals surface area contributed by atoms with Crippen molar-refractivity contribution in [3.8, 4) is 33.4 Å². The van der Waals surface area contributed by atoms with Gasteiger partial charge in [-0.05, 0) is 115 Å². The van der Waals surface area contributed by atoms with Crippen LogP contribution in [0.15, 0.2) is 243 Å². The Kier molecular flexibility index (Phi) is 9.21. The fourth-order valence-corrected chi connectivity index (χ4v) is 10.4. The first kappa shape index (κ1) is 38.5. The third kappa shape index (κ3) is 6.49. The Morgan fingerprint density at radius 1 is 0.292 bits per heavy atom. The number of anilines is 6. The molecule has 0 spiro atoms. The molecule has 0 aliphatic heterocycles. The minimum absolute atomic E-state index is 0.317. The van der Waals surface area contributed by atoms with Crippen LogP contribution >= 0.6 is 0 Å². The van der Waals surface area contributed by atoms with Crippen LogP contribution in [-0.4, -0.2) is 0 Å². The molecule has 11 aromatic carbocycles. The number of nitrogens with zero attached hydrogens (tertiary/aromatic N) is 2. The van der Waals surface area contributed by atoms with E-state index in [4.69, 9.17) is 0 Å². The lowest BCUT2D eigenvalue weighted by Gasteiger charge is -2.31. The maximum absolute atomic E-state index is 2.50. The summed E-state index contributed by atoms with van der Waals surface area (Å²) in [5.74, 6) is 0. The molecule has 2 heteroatoms. The first-order chi connectivity index (χ1) is 32.0. The molecule has 0 saturated carbocycles. The Balaban J connectivity index is 1.04. The SMILES string of the molecule is CC1(C)c2cc(N(c3ccc(-c4ccccc4)cc3)c3cccc4ccccc34)ccc2-c2c1cc(N(c1ccc(-c3ccccc3)cc1)c1cccc3ccccc13)c1ccccc21. The minimum atomic E-state index is -0.317. The molecule has 0 heterocycles.